The van der Waals surface area contributed by atoms with Gasteiger partial charge in [-0.2, -0.15) is 0 Å². The van der Waals surface area contributed by atoms with Crippen LogP contribution in [0.25, 0.3) is 0 Å². The fourth-order valence-electron chi connectivity index (χ4n) is 2.13. The number of benzene rings is 1. The molecule has 0 spiro atoms. The number of halogens is 1. The van der Waals surface area contributed by atoms with Gasteiger partial charge in [0, 0.05) is 10.9 Å². The van der Waals surface area contributed by atoms with Crippen LogP contribution in [0.15, 0.2) is 48.1 Å². The van der Waals surface area contributed by atoms with Crippen molar-refractivity contribution in [3.8, 4) is 5.75 Å². The van der Waals surface area contributed by atoms with E-state index in [1.165, 1.54) is 11.1 Å². The molecule has 2 rings (SSSR count). The quantitative estimate of drug-likeness (QED) is 0.721. The zero-order chi connectivity index (χ0) is 13.0. The van der Waals surface area contributed by atoms with Crippen LogP contribution in [0.1, 0.15) is 25.8 Å². The second kappa shape index (κ2) is 5.75. The van der Waals surface area contributed by atoms with E-state index in [2.05, 4.69) is 54.1 Å². The van der Waals surface area contributed by atoms with E-state index in [0.29, 0.717) is 6.61 Å². The van der Waals surface area contributed by atoms with Crippen LogP contribution in [0, 0.1) is 5.41 Å². The fraction of sp³-hybridized carbons (Fsp3) is 0.375. The number of allylic oxidation sites excluding steroid dienone is 2. The lowest BCUT2D eigenvalue weighted by Crippen LogP contribution is -2.13. The van der Waals surface area contributed by atoms with Crippen LogP contribution >= 0.6 is 15.9 Å². The van der Waals surface area contributed by atoms with E-state index in [-0.39, 0.29) is 5.41 Å². The minimum atomic E-state index is 0.252. The summed E-state index contributed by atoms with van der Waals surface area (Å²) in [5.74, 6) is 0.965. The first-order valence-electron chi connectivity index (χ1n) is 6.26. The van der Waals surface area contributed by atoms with Crippen LogP contribution in [0.5, 0.6) is 5.75 Å². The maximum absolute atomic E-state index is 5.91. The lowest BCUT2D eigenvalue weighted by atomic mass is 9.84. The van der Waals surface area contributed by atoms with E-state index >= 15 is 0 Å². The number of ether oxygens (including phenoxy) is 1. The zero-order valence-corrected chi connectivity index (χ0v) is 12.5. The lowest BCUT2D eigenvalue weighted by Gasteiger charge is -2.23. The molecule has 0 atom stereocenters. The van der Waals surface area contributed by atoms with Crippen molar-refractivity contribution < 1.29 is 4.74 Å². The van der Waals surface area contributed by atoms with Gasteiger partial charge in [-0.15, -0.1) is 0 Å². The monoisotopic (exact) mass is 306 g/mol. The molecule has 1 nitrogen and oxygen atoms in total. The van der Waals surface area contributed by atoms with Crippen LogP contribution < -0.4 is 4.74 Å². The SMILES string of the molecule is CC1(C)C=C(COc2ccccc2CBr)C=CC1. The van der Waals surface area contributed by atoms with Crippen molar-refractivity contribution in [2.24, 2.45) is 5.41 Å². The summed E-state index contributed by atoms with van der Waals surface area (Å²) < 4.78 is 5.91. The van der Waals surface area contributed by atoms with Gasteiger partial charge in [-0.3, -0.25) is 0 Å². The predicted octanol–water partition coefficient (Wildman–Crippen LogP) is 4.87. The summed E-state index contributed by atoms with van der Waals surface area (Å²) >= 11 is 3.48. The summed E-state index contributed by atoms with van der Waals surface area (Å²) in [5, 5.41) is 0.823. The van der Waals surface area contributed by atoms with Gasteiger partial charge < -0.3 is 4.74 Å². The molecule has 1 aliphatic carbocycles. The van der Waals surface area contributed by atoms with Crippen molar-refractivity contribution in [2.45, 2.75) is 25.6 Å². The number of hydrogen-bond donors (Lipinski definition) is 0. The highest BCUT2D eigenvalue weighted by Gasteiger charge is 2.17. The minimum Gasteiger partial charge on any atom is -0.489 e. The summed E-state index contributed by atoms with van der Waals surface area (Å²) in [5.41, 5.74) is 2.70. The van der Waals surface area contributed by atoms with Gasteiger partial charge in [0.05, 0.1) is 0 Å². The Bertz CT molecular complexity index is 472. The molecule has 18 heavy (non-hydrogen) atoms. The van der Waals surface area contributed by atoms with E-state index in [1.54, 1.807) is 0 Å². The summed E-state index contributed by atoms with van der Waals surface area (Å²) in [7, 11) is 0. The second-order valence-electron chi connectivity index (χ2n) is 5.34. The fourth-order valence-corrected chi connectivity index (χ4v) is 2.59. The van der Waals surface area contributed by atoms with Gasteiger partial charge >= 0.3 is 0 Å². The van der Waals surface area contributed by atoms with Gasteiger partial charge in [0.15, 0.2) is 0 Å². The molecule has 1 aromatic rings. The molecule has 0 unspecified atom stereocenters. The molecule has 0 aromatic heterocycles. The molecule has 0 fully saturated rings. The van der Waals surface area contributed by atoms with E-state index in [4.69, 9.17) is 4.74 Å². The predicted molar refractivity (Wildman–Crippen MR) is 80.2 cm³/mol. The van der Waals surface area contributed by atoms with Crippen LogP contribution in [0.3, 0.4) is 0 Å². The minimum absolute atomic E-state index is 0.252. The van der Waals surface area contributed by atoms with Gasteiger partial charge in [0.25, 0.3) is 0 Å². The third-order valence-electron chi connectivity index (χ3n) is 3.06. The van der Waals surface area contributed by atoms with Gasteiger partial charge in [0.1, 0.15) is 12.4 Å². The van der Waals surface area contributed by atoms with Crippen molar-refractivity contribution in [3.05, 3.63) is 53.6 Å². The van der Waals surface area contributed by atoms with Crippen molar-refractivity contribution in [3.63, 3.8) is 0 Å². The normalized spacial score (nSPS) is 17.4. The summed E-state index contributed by atoms with van der Waals surface area (Å²) in [6.07, 6.45) is 7.81. The van der Waals surface area contributed by atoms with Crippen LogP contribution in [-0.4, -0.2) is 6.61 Å². The molecule has 0 saturated carbocycles. The number of hydrogen-bond acceptors (Lipinski definition) is 1. The summed E-state index contributed by atoms with van der Waals surface area (Å²) in [4.78, 5) is 0. The van der Waals surface area contributed by atoms with Gasteiger partial charge in [-0.05, 0) is 23.5 Å². The molecule has 1 aliphatic rings. The Labute approximate surface area is 118 Å². The molecular formula is C16H19BrO. The maximum Gasteiger partial charge on any atom is 0.123 e. The number of para-hydroxylation sites is 1. The average Bonchev–Trinajstić information content (AvgIpc) is 2.35. The smallest absolute Gasteiger partial charge is 0.123 e. The molecular weight excluding hydrogens is 288 g/mol. The number of rotatable bonds is 4. The Balaban J connectivity index is 2.04. The molecule has 1 aromatic carbocycles. The van der Waals surface area contributed by atoms with Crippen molar-refractivity contribution in [1.82, 2.24) is 0 Å². The molecule has 96 valence electrons. The summed E-state index contributed by atoms with van der Waals surface area (Å²) in [6.45, 7) is 5.15. The zero-order valence-electron chi connectivity index (χ0n) is 10.9. The highest BCUT2D eigenvalue weighted by molar-refractivity contribution is 9.08. The van der Waals surface area contributed by atoms with Crippen LogP contribution in [0.2, 0.25) is 0 Å². The Hall–Kier alpha value is -1.02. The summed E-state index contributed by atoms with van der Waals surface area (Å²) in [6, 6.07) is 8.15. The molecule has 2 heteroatoms. The van der Waals surface area contributed by atoms with E-state index in [9.17, 15) is 0 Å². The molecule has 0 heterocycles. The van der Waals surface area contributed by atoms with Gasteiger partial charge in [-0.1, -0.05) is 66.2 Å². The second-order valence-corrected chi connectivity index (χ2v) is 5.91. The Kier molecular flexibility index (Phi) is 4.28. The van der Waals surface area contributed by atoms with Gasteiger partial charge in [0.2, 0.25) is 0 Å². The first kappa shape index (κ1) is 13.4. The maximum atomic E-state index is 5.91. The highest BCUT2D eigenvalue weighted by Crippen LogP contribution is 2.29. The first-order chi connectivity index (χ1) is 8.61. The first-order valence-corrected chi connectivity index (χ1v) is 7.38. The Morgan fingerprint density at radius 1 is 1.28 bits per heavy atom. The molecule has 0 radical (unpaired) electrons. The van der Waals surface area contributed by atoms with Crippen molar-refractivity contribution in [1.29, 1.82) is 0 Å². The lowest BCUT2D eigenvalue weighted by molar-refractivity contribution is 0.347. The highest BCUT2D eigenvalue weighted by atomic mass is 79.9. The van der Waals surface area contributed by atoms with Crippen LogP contribution in [-0.2, 0) is 5.33 Å². The standard InChI is InChI=1S/C16H19BrO/c1-16(2)9-5-6-13(10-16)12-18-15-8-4-3-7-14(15)11-17/h3-8,10H,9,11-12H2,1-2H3. The third-order valence-corrected chi connectivity index (χ3v) is 3.67. The van der Waals surface area contributed by atoms with Crippen molar-refractivity contribution in [2.75, 3.05) is 6.61 Å². The van der Waals surface area contributed by atoms with Gasteiger partial charge in [-0.25, -0.2) is 0 Å². The van der Waals surface area contributed by atoms with E-state index < -0.39 is 0 Å². The molecule has 0 bridgehead atoms. The Morgan fingerprint density at radius 2 is 2.06 bits per heavy atom. The number of alkyl halides is 1. The molecule has 0 saturated heterocycles. The average molecular weight is 307 g/mol. The van der Waals surface area contributed by atoms with Crippen LogP contribution in [0.4, 0.5) is 0 Å². The van der Waals surface area contributed by atoms with Crippen molar-refractivity contribution >= 4 is 15.9 Å². The van der Waals surface area contributed by atoms with E-state index in [1.807, 2.05) is 18.2 Å². The third kappa shape index (κ3) is 3.49. The largest absolute Gasteiger partial charge is 0.489 e. The molecule has 0 N–H and O–H groups in total. The molecule has 0 aliphatic heterocycles. The van der Waals surface area contributed by atoms with E-state index in [0.717, 1.165) is 17.5 Å². The molecule has 0 amide bonds. The Morgan fingerprint density at radius 3 is 2.78 bits per heavy atom. The topological polar surface area (TPSA) is 9.23 Å².